The van der Waals surface area contributed by atoms with Crippen molar-refractivity contribution in [3.63, 3.8) is 0 Å². The third kappa shape index (κ3) is 1.32. The highest BCUT2D eigenvalue weighted by atomic mass is 16.3. The van der Waals surface area contributed by atoms with Gasteiger partial charge in [0.05, 0.1) is 11.3 Å². The number of anilines is 2. The lowest BCUT2D eigenvalue weighted by Gasteiger charge is -2.04. The van der Waals surface area contributed by atoms with Gasteiger partial charge in [-0.2, -0.15) is 0 Å². The molecule has 0 aliphatic heterocycles. The van der Waals surface area contributed by atoms with Crippen LogP contribution >= 0.6 is 0 Å². The van der Waals surface area contributed by atoms with E-state index in [1.165, 1.54) is 19.1 Å². The van der Waals surface area contributed by atoms with E-state index < -0.39 is 0 Å². The molecule has 4 nitrogen and oxygen atoms in total. The largest absolute Gasteiger partial charge is 0.505 e. The first-order chi connectivity index (χ1) is 5.52. The first-order valence-electron chi connectivity index (χ1n) is 3.41. The minimum absolute atomic E-state index is 0.125. The number of carbonyl (C=O) groups excluding carboxylic acids is 1. The number of benzene rings is 1. The molecule has 0 unspecified atom stereocenters. The van der Waals surface area contributed by atoms with E-state index in [2.05, 4.69) is 0 Å². The van der Waals surface area contributed by atoms with Crippen LogP contribution in [0.1, 0.15) is 17.3 Å². The first kappa shape index (κ1) is 8.39. The van der Waals surface area contributed by atoms with Gasteiger partial charge in [0.1, 0.15) is 5.75 Å². The van der Waals surface area contributed by atoms with Gasteiger partial charge in [0.2, 0.25) is 0 Å². The minimum Gasteiger partial charge on any atom is -0.505 e. The summed E-state index contributed by atoms with van der Waals surface area (Å²) in [6.07, 6.45) is 0. The van der Waals surface area contributed by atoms with Crippen LogP contribution < -0.4 is 11.5 Å². The lowest BCUT2D eigenvalue weighted by atomic mass is 10.1. The standard InChI is InChI=1S/C8H10N2O2/c1-4(11)6-2-5(9)3-7(10)8(6)12/h2-3,12H,9-10H2,1H3. The maximum atomic E-state index is 10.9. The number of carbonyl (C=O) groups is 1. The monoisotopic (exact) mass is 166 g/mol. The predicted molar refractivity (Wildman–Crippen MR) is 46.9 cm³/mol. The third-order valence-electron chi connectivity index (χ3n) is 1.54. The van der Waals surface area contributed by atoms with Crippen LogP contribution in [0.5, 0.6) is 5.75 Å². The van der Waals surface area contributed by atoms with Gasteiger partial charge in [-0.3, -0.25) is 4.79 Å². The average Bonchev–Trinajstić information content (AvgIpc) is 1.96. The predicted octanol–water partition coefficient (Wildman–Crippen LogP) is 0.759. The summed E-state index contributed by atoms with van der Waals surface area (Å²) in [5.74, 6) is -0.455. The summed E-state index contributed by atoms with van der Waals surface area (Å²) < 4.78 is 0. The minimum atomic E-state index is -0.258. The van der Waals surface area contributed by atoms with Crippen molar-refractivity contribution in [3.05, 3.63) is 17.7 Å². The highest BCUT2D eigenvalue weighted by molar-refractivity contribution is 5.99. The Kier molecular flexibility index (Phi) is 1.91. The molecule has 0 aliphatic rings. The zero-order valence-corrected chi connectivity index (χ0v) is 6.66. The number of nitrogens with two attached hydrogens (primary N) is 2. The average molecular weight is 166 g/mol. The smallest absolute Gasteiger partial charge is 0.163 e. The number of ketones is 1. The van der Waals surface area contributed by atoms with E-state index in [9.17, 15) is 9.90 Å². The molecular weight excluding hydrogens is 156 g/mol. The second-order valence-electron chi connectivity index (χ2n) is 2.56. The summed E-state index contributed by atoms with van der Waals surface area (Å²) >= 11 is 0. The van der Waals surface area contributed by atoms with Crippen molar-refractivity contribution in [2.75, 3.05) is 11.5 Å². The summed E-state index contributed by atoms with van der Waals surface area (Å²) in [5, 5.41) is 9.29. The molecule has 0 bridgehead atoms. The van der Waals surface area contributed by atoms with E-state index in [4.69, 9.17) is 11.5 Å². The quantitative estimate of drug-likeness (QED) is 0.248. The molecule has 64 valence electrons. The molecule has 0 aliphatic carbocycles. The Morgan fingerprint density at radius 3 is 2.50 bits per heavy atom. The van der Waals surface area contributed by atoms with E-state index in [0.29, 0.717) is 5.69 Å². The van der Waals surface area contributed by atoms with Gasteiger partial charge in [0, 0.05) is 5.69 Å². The van der Waals surface area contributed by atoms with E-state index in [1.807, 2.05) is 0 Å². The fourth-order valence-corrected chi connectivity index (χ4v) is 0.948. The lowest BCUT2D eigenvalue weighted by Crippen LogP contribution is -1.99. The molecule has 12 heavy (non-hydrogen) atoms. The van der Waals surface area contributed by atoms with Crippen molar-refractivity contribution >= 4 is 17.2 Å². The molecule has 0 radical (unpaired) electrons. The molecule has 0 saturated carbocycles. The number of phenols is 1. The second-order valence-corrected chi connectivity index (χ2v) is 2.56. The Morgan fingerprint density at radius 2 is 2.00 bits per heavy atom. The van der Waals surface area contributed by atoms with Crippen molar-refractivity contribution in [3.8, 4) is 5.75 Å². The molecule has 0 saturated heterocycles. The van der Waals surface area contributed by atoms with Gasteiger partial charge in [0.15, 0.2) is 5.78 Å². The molecule has 1 aromatic rings. The maximum absolute atomic E-state index is 10.9. The van der Waals surface area contributed by atoms with Crippen LogP contribution in [0.25, 0.3) is 0 Å². The topological polar surface area (TPSA) is 89.3 Å². The van der Waals surface area contributed by atoms with Gasteiger partial charge < -0.3 is 16.6 Å². The zero-order chi connectivity index (χ0) is 9.30. The summed E-state index contributed by atoms with van der Waals surface area (Å²) in [7, 11) is 0. The van der Waals surface area contributed by atoms with Gasteiger partial charge in [0.25, 0.3) is 0 Å². The number of rotatable bonds is 1. The normalized spacial score (nSPS) is 9.75. The molecule has 0 aromatic heterocycles. The van der Waals surface area contributed by atoms with Crippen molar-refractivity contribution in [1.29, 1.82) is 0 Å². The van der Waals surface area contributed by atoms with E-state index in [1.54, 1.807) is 0 Å². The van der Waals surface area contributed by atoms with Crippen LogP contribution in [0.2, 0.25) is 0 Å². The van der Waals surface area contributed by atoms with Crippen LogP contribution in [0.4, 0.5) is 11.4 Å². The first-order valence-corrected chi connectivity index (χ1v) is 3.41. The van der Waals surface area contributed by atoms with Crippen LogP contribution in [0.3, 0.4) is 0 Å². The number of aromatic hydroxyl groups is 1. The molecule has 0 amide bonds. The molecule has 4 heteroatoms. The van der Waals surface area contributed by atoms with Gasteiger partial charge in [-0.15, -0.1) is 0 Å². The molecule has 5 N–H and O–H groups in total. The van der Waals surface area contributed by atoms with Crippen molar-refractivity contribution in [1.82, 2.24) is 0 Å². The summed E-state index contributed by atoms with van der Waals surface area (Å²) in [6.45, 7) is 1.34. The SMILES string of the molecule is CC(=O)c1cc(N)cc(N)c1O. The number of hydrogen-bond acceptors (Lipinski definition) is 4. The van der Waals surface area contributed by atoms with Gasteiger partial charge in [-0.25, -0.2) is 0 Å². The fourth-order valence-electron chi connectivity index (χ4n) is 0.948. The number of phenolic OH excluding ortho intramolecular Hbond substituents is 1. The lowest BCUT2D eigenvalue weighted by molar-refractivity contribution is 0.101. The number of Topliss-reactive ketones (excluding diaryl/α,β-unsaturated/α-hetero) is 1. The highest BCUT2D eigenvalue weighted by Crippen LogP contribution is 2.27. The Morgan fingerprint density at radius 1 is 1.42 bits per heavy atom. The molecule has 0 atom stereocenters. The van der Waals surface area contributed by atoms with Crippen LogP contribution in [-0.4, -0.2) is 10.9 Å². The Hall–Kier alpha value is -1.71. The second kappa shape index (κ2) is 2.73. The highest BCUT2D eigenvalue weighted by Gasteiger charge is 2.09. The van der Waals surface area contributed by atoms with E-state index in [0.717, 1.165) is 0 Å². The fraction of sp³-hybridized carbons (Fsp3) is 0.125. The summed E-state index contributed by atoms with van der Waals surface area (Å²) in [4.78, 5) is 10.9. The van der Waals surface area contributed by atoms with Crippen molar-refractivity contribution in [2.24, 2.45) is 0 Å². The zero-order valence-electron chi connectivity index (χ0n) is 6.66. The molecule has 1 aromatic carbocycles. The Bertz CT molecular complexity index is 334. The summed E-state index contributed by atoms with van der Waals surface area (Å²) in [5.41, 5.74) is 11.5. The molecule has 1 rings (SSSR count). The third-order valence-corrected chi connectivity index (χ3v) is 1.54. The van der Waals surface area contributed by atoms with Crippen LogP contribution in [0, 0.1) is 0 Å². The molecule has 0 spiro atoms. The Balaban J connectivity index is 3.37. The van der Waals surface area contributed by atoms with Gasteiger partial charge >= 0.3 is 0 Å². The maximum Gasteiger partial charge on any atom is 0.163 e. The number of hydrogen-bond donors (Lipinski definition) is 3. The van der Waals surface area contributed by atoms with E-state index in [-0.39, 0.29) is 22.8 Å². The van der Waals surface area contributed by atoms with Crippen LogP contribution in [-0.2, 0) is 0 Å². The van der Waals surface area contributed by atoms with Crippen LogP contribution in [0.15, 0.2) is 12.1 Å². The number of nitrogen functional groups attached to an aromatic ring is 2. The van der Waals surface area contributed by atoms with Crippen molar-refractivity contribution in [2.45, 2.75) is 6.92 Å². The molecule has 0 heterocycles. The Labute approximate surface area is 69.8 Å². The van der Waals surface area contributed by atoms with Gasteiger partial charge in [-0.05, 0) is 19.1 Å². The van der Waals surface area contributed by atoms with E-state index >= 15 is 0 Å². The summed E-state index contributed by atoms with van der Waals surface area (Å²) in [6, 6.07) is 2.80. The van der Waals surface area contributed by atoms with Crippen molar-refractivity contribution < 1.29 is 9.90 Å². The molecule has 0 fully saturated rings. The molecular formula is C8H10N2O2. The van der Waals surface area contributed by atoms with Gasteiger partial charge in [-0.1, -0.05) is 0 Å².